The van der Waals surface area contributed by atoms with Crippen molar-refractivity contribution in [2.45, 2.75) is 39.3 Å². The van der Waals surface area contributed by atoms with Gasteiger partial charge in [0.25, 0.3) is 5.91 Å². The second kappa shape index (κ2) is 7.85. The zero-order chi connectivity index (χ0) is 19.4. The van der Waals surface area contributed by atoms with E-state index in [0.717, 1.165) is 0 Å². The van der Waals surface area contributed by atoms with Crippen LogP contribution in [0, 0.1) is 0 Å². The van der Waals surface area contributed by atoms with Crippen LogP contribution < -0.4 is 0 Å². The predicted molar refractivity (Wildman–Crippen MR) is 98.4 cm³/mol. The van der Waals surface area contributed by atoms with Gasteiger partial charge in [0.15, 0.2) is 5.76 Å². The number of carbonyl (C=O) groups excluding carboxylic acids is 2. The lowest BCUT2D eigenvalue weighted by Gasteiger charge is -2.26. The summed E-state index contributed by atoms with van der Waals surface area (Å²) in [5.74, 6) is 0.822. The molecule has 8 heteroatoms. The van der Waals surface area contributed by atoms with Crippen LogP contribution in [0.4, 0.5) is 4.79 Å². The van der Waals surface area contributed by atoms with Crippen LogP contribution >= 0.6 is 0 Å². The fourth-order valence-corrected chi connectivity index (χ4v) is 2.92. The summed E-state index contributed by atoms with van der Waals surface area (Å²) in [6, 6.07) is 5.32. The first kappa shape index (κ1) is 19.0. The van der Waals surface area contributed by atoms with Gasteiger partial charge in [0.05, 0.1) is 6.54 Å². The van der Waals surface area contributed by atoms with Crippen molar-refractivity contribution >= 4 is 12.0 Å². The van der Waals surface area contributed by atoms with Crippen molar-refractivity contribution in [1.82, 2.24) is 19.6 Å². The fourth-order valence-electron chi connectivity index (χ4n) is 2.92. The van der Waals surface area contributed by atoms with Crippen LogP contribution in [0.1, 0.15) is 43.5 Å². The van der Waals surface area contributed by atoms with Crippen LogP contribution in [0.3, 0.4) is 0 Å². The number of hydrogen-bond acceptors (Lipinski definition) is 5. The summed E-state index contributed by atoms with van der Waals surface area (Å²) in [6.07, 6.45) is 3.90. The molecule has 1 fully saturated rings. The van der Waals surface area contributed by atoms with E-state index < -0.39 is 5.60 Å². The highest BCUT2D eigenvalue weighted by Gasteiger charge is 2.27. The quantitative estimate of drug-likeness (QED) is 0.825. The van der Waals surface area contributed by atoms with Gasteiger partial charge in [-0.25, -0.2) is 4.79 Å². The van der Waals surface area contributed by atoms with Crippen LogP contribution in [0.25, 0.3) is 0 Å². The second-order valence-corrected chi connectivity index (χ2v) is 7.58. The van der Waals surface area contributed by atoms with Crippen LogP contribution in [-0.4, -0.2) is 63.4 Å². The number of hydrogen-bond donors (Lipinski definition) is 0. The van der Waals surface area contributed by atoms with Gasteiger partial charge < -0.3 is 19.0 Å². The number of ether oxygens (including phenoxy) is 1. The first-order chi connectivity index (χ1) is 12.8. The van der Waals surface area contributed by atoms with Crippen molar-refractivity contribution in [3.63, 3.8) is 0 Å². The summed E-state index contributed by atoms with van der Waals surface area (Å²) < 4.78 is 12.9. The van der Waals surface area contributed by atoms with E-state index in [1.54, 1.807) is 32.8 Å². The highest BCUT2D eigenvalue weighted by Crippen LogP contribution is 2.15. The van der Waals surface area contributed by atoms with Gasteiger partial charge in [-0.2, -0.15) is 5.10 Å². The summed E-state index contributed by atoms with van der Waals surface area (Å²) >= 11 is 0. The molecule has 1 saturated heterocycles. The standard InChI is InChI=1S/C19H26N4O4/c1-19(2,3)27-18(25)22-10-5-9-21(12-13-22)17(24)16-7-6-15(26-16)14-23-11-4-8-20-23/h4,6-8,11H,5,9-10,12-14H2,1-3H3. The summed E-state index contributed by atoms with van der Waals surface area (Å²) in [5, 5.41) is 4.13. The highest BCUT2D eigenvalue weighted by molar-refractivity contribution is 5.91. The molecule has 146 valence electrons. The minimum atomic E-state index is -0.530. The van der Waals surface area contributed by atoms with E-state index in [4.69, 9.17) is 9.15 Å². The molecule has 0 N–H and O–H groups in total. The third-order valence-electron chi connectivity index (χ3n) is 4.18. The number of carbonyl (C=O) groups is 2. The first-order valence-electron chi connectivity index (χ1n) is 9.15. The molecule has 1 aliphatic rings. The van der Waals surface area contributed by atoms with E-state index in [0.29, 0.717) is 50.7 Å². The van der Waals surface area contributed by atoms with Crippen LogP contribution in [-0.2, 0) is 11.3 Å². The molecule has 3 heterocycles. The molecule has 2 aromatic rings. The lowest BCUT2D eigenvalue weighted by molar-refractivity contribution is 0.0255. The Balaban J connectivity index is 1.58. The molecule has 3 rings (SSSR count). The SMILES string of the molecule is CC(C)(C)OC(=O)N1CCCN(C(=O)c2ccc(Cn3cccn3)o2)CC1. The molecular formula is C19H26N4O4. The Bertz CT molecular complexity index is 776. The molecule has 0 unspecified atom stereocenters. The third kappa shape index (κ3) is 5.12. The molecule has 0 saturated carbocycles. The Morgan fingerprint density at radius 1 is 1.15 bits per heavy atom. The molecule has 27 heavy (non-hydrogen) atoms. The lowest BCUT2D eigenvalue weighted by atomic mass is 10.2. The van der Waals surface area contributed by atoms with E-state index in [-0.39, 0.29) is 12.0 Å². The zero-order valence-electron chi connectivity index (χ0n) is 16.1. The topological polar surface area (TPSA) is 80.8 Å². The van der Waals surface area contributed by atoms with Crippen molar-refractivity contribution in [2.24, 2.45) is 0 Å². The summed E-state index contributed by atoms with van der Waals surface area (Å²) in [4.78, 5) is 28.4. The molecule has 1 aliphatic heterocycles. The number of furan rings is 1. The minimum absolute atomic E-state index is 0.159. The van der Waals surface area contributed by atoms with Gasteiger partial charge in [-0.05, 0) is 45.4 Å². The summed E-state index contributed by atoms with van der Waals surface area (Å²) in [7, 11) is 0. The van der Waals surface area contributed by atoms with Crippen LogP contribution in [0.5, 0.6) is 0 Å². The van der Waals surface area contributed by atoms with Gasteiger partial charge in [-0.3, -0.25) is 9.48 Å². The van der Waals surface area contributed by atoms with E-state index in [1.807, 2.05) is 33.0 Å². The molecule has 8 nitrogen and oxygen atoms in total. The second-order valence-electron chi connectivity index (χ2n) is 7.58. The highest BCUT2D eigenvalue weighted by atomic mass is 16.6. The van der Waals surface area contributed by atoms with Crippen LogP contribution in [0.15, 0.2) is 35.0 Å². The van der Waals surface area contributed by atoms with Gasteiger partial charge in [0.1, 0.15) is 11.4 Å². The van der Waals surface area contributed by atoms with Crippen molar-refractivity contribution in [2.75, 3.05) is 26.2 Å². The van der Waals surface area contributed by atoms with Gasteiger partial charge >= 0.3 is 6.09 Å². The predicted octanol–water partition coefficient (Wildman–Crippen LogP) is 2.61. The number of rotatable bonds is 3. The molecule has 0 aromatic carbocycles. The first-order valence-corrected chi connectivity index (χ1v) is 9.15. The third-order valence-corrected chi connectivity index (χ3v) is 4.18. The fraction of sp³-hybridized carbons (Fsp3) is 0.526. The van der Waals surface area contributed by atoms with Crippen molar-refractivity contribution in [3.05, 3.63) is 42.1 Å². The molecule has 0 bridgehead atoms. The van der Waals surface area contributed by atoms with Gasteiger partial charge in [-0.1, -0.05) is 0 Å². The number of amides is 2. The number of nitrogens with zero attached hydrogens (tertiary/aromatic N) is 4. The lowest BCUT2D eigenvalue weighted by Crippen LogP contribution is -2.40. The average Bonchev–Trinajstić information content (AvgIpc) is 3.20. The Morgan fingerprint density at radius 3 is 2.59 bits per heavy atom. The monoisotopic (exact) mass is 374 g/mol. The largest absolute Gasteiger partial charge is 0.454 e. The van der Waals surface area contributed by atoms with Gasteiger partial charge in [0, 0.05) is 38.6 Å². The molecule has 0 aliphatic carbocycles. The molecule has 0 atom stereocenters. The van der Waals surface area contributed by atoms with Crippen molar-refractivity contribution in [1.29, 1.82) is 0 Å². The van der Waals surface area contributed by atoms with E-state index in [9.17, 15) is 9.59 Å². The van der Waals surface area contributed by atoms with Gasteiger partial charge in [-0.15, -0.1) is 0 Å². The molecule has 0 spiro atoms. The molecule has 2 aromatic heterocycles. The van der Waals surface area contributed by atoms with E-state index in [2.05, 4.69) is 5.10 Å². The smallest absolute Gasteiger partial charge is 0.410 e. The van der Waals surface area contributed by atoms with Crippen LogP contribution in [0.2, 0.25) is 0 Å². The zero-order valence-corrected chi connectivity index (χ0v) is 16.1. The van der Waals surface area contributed by atoms with Gasteiger partial charge in [0.2, 0.25) is 0 Å². The maximum Gasteiger partial charge on any atom is 0.410 e. The average molecular weight is 374 g/mol. The normalized spacial score (nSPS) is 15.5. The van der Waals surface area contributed by atoms with Crippen molar-refractivity contribution < 1.29 is 18.7 Å². The van der Waals surface area contributed by atoms with E-state index >= 15 is 0 Å². The Labute approximate surface area is 158 Å². The Morgan fingerprint density at radius 2 is 1.89 bits per heavy atom. The van der Waals surface area contributed by atoms with E-state index in [1.165, 1.54) is 0 Å². The summed E-state index contributed by atoms with van der Waals surface area (Å²) in [5.41, 5.74) is -0.530. The maximum absolute atomic E-state index is 12.7. The Kier molecular flexibility index (Phi) is 5.53. The summed E-state index contributed by atoms with van der Waals surface area (Å²) in [6.45, 7) is 8.05. The maximum atomic E-state index is 12.7. The molecule has 0 radical (unpaired) electrons. The molecule has 2 amide bonds. The Hall–Kier alpha value is -2.77. The van der Waals surface area contributed by atoms with Crippen molar-refractivity contribution in [3.8, 4) is 0 Å². The molecular weight excluding hydrogens is 348 g/mol. The number of aromatic nitrogens is 2. The minimum Gasteiger partial charge on any atom is -0.454 e.